The summed E-state index contributed by atoms with van der Waals surface area (Å²) in [5.41, 5.74) is 1.15. The van der Waals surface area contributed by atoms with Crippen molar-refractivity contribution in [3.05, 3.63) is 34.0 Å². The van der Waals surface area contributed by atoms with Gasteiger partial charge < -0.3 is 9.94 Å². The van der Waals surface area contributed by atoms with Gasteiger partial charge in [-0.3, -0.25) is 14.0 Å². The Morgan fingerprint density at radius 1 is 1.48 bits per heavy atom. The number of esters is 1. The Bertz CT molecular complexity index is 817. The minimum atomic E-state index is -0.549. The lowest BCUT2D eigenvalue weighted by atomic mass is 10.1. The highest BCUT2D eigenvalue weighted by Crippen LogP contribution is 2.17. The fraction of sp³-hybridized carbons (Fsp3) is 0.467. The van der Waals surface area contributed by atoms with E-state index in [1.54, 1.807) is 30.5 Å². The van der Waals surface area contributed by atoms with E-state index in [2.05, 4.69) is 10.3 Å². The van der Waals surface area contributed by atoms with Crippen LogP contribution in [0.4, 0.5) is 0 Å². The summed E-state index contributed by atoms with van der Waals surface area (Å²) >= 11 is 0. The van der Waals surface area contributed by atoms with Gasteiger partial charge in [-0.05, 0) is 31.4 Å². The van der Waals surface area contributed by atoms with Gasteiger partial charge in [-0.25, -0.2) is 4.68 Å². The second-order valence-electron chi connectivity index (χ2n) is 5.46. The fourth-order valence-electron chi connectivity index (χ4n) is 2.21. The molecule has 8 heteroatoms. The maximum absolute atomic E-state index is 12.5. The van der Waals surface area contributed by atoms with Crippen LogP contribution in [0.2, 0.25) is 0 Å². The first kappa shape index (κ1) is 16.7. The van der Waals surface area contributed by atoms with Crippen LogP contribution in [0.25, 0.3) is 5.52 Å². The van der Waals surface area contributed by atoms with Crippen LogP contribution in [0.5, 0.6) is 0 Å². The number of hydrogen-bond acceptors (Lipinski definition) is 6. The van der Waals surface area contributed by atoms with Crippen LogP contribution < -0.4 is 5.56 Å². The van der Waals surface area contributed by atoms with Crippen molar-refractivity contribution in [3.63, 3.8) is 0 Å². The zero-order chi connectivity index (χ0) is 17.1. The summed E-state index contributed by atoms with van der Waals surface area (Å²) in [6.07, 6.45) is 1.78. The molecular formula is C15H20N4O4. The minimum Gasteiger partial charge on any atom is -0.465 e. The lowest BCUT2D eigenvalue weighted by molar-refractivity contribution is -0.144. The zero-order valence-electron chi connectivity index (χ0n) is 13.6. The largest absolute Gasteiger partial charge is 0.465 e. The SMILES string of the molecule is CCOC(=O)Cn1nc(/C(C)=N/O)n2cc(C(C)C)cc2c1=O. The maximum Gasteiger partial charge on any atom is 0.327 e. The van der Waals surface area contributed by atoms with Crippen molar-refractivity contribution >= 4 is 17.2 Å². The topological polar surface area (TPSA) is 98.2 Å². The molecule has 0 radical (unpaired) electrons. The molecule has 0 aliphatic rings. The van der Waals surface area contributed by atoms with Gasteiger partial charge in [0.25, 0.3) is 5.56 Å². The Kier molecular flexibility index (Phi) is 4.83. The van der Waals surface area contributed by atoms with Gasteiger partial charge in [0.1, 0.15) is 17.8 Å². The van der Waals surface area contributed by atoms with Crippen molar-refractivity contribution in [2.45, 2.75) is 40.2 Å². The van der Waals surface area contributed by atoms with E-state index < -0.39 is 11.5 Å². The van der Waals surface area contributed by atoms with E-state index in [-0.39, 0.29) is 24.8 Å². The molecule has 23 heavy (non-hydrogen) atoms. The Hall–Kier alpha value is -2.64. The van der Waals surface area contributed by atoms with E-state index >= 15 is 0 Å². The molecule has 0 fully saturated rings. The lowest BCUT2D eigenvalue weighted by Gasteiger charge is -2.09. The number of hydrogen-bond donors (Lipinski definition) is 1. The molecule has 2 aromatic heterocycles. The predicted molar refractivity (Wildman–Crippen MR) is 84.2 cm³/mol. The Labute approximate surface area is 133 Å². The van der Waals surface area contributed by atoms with Gasteiger partial charge in [-0.2, -0.15) is 0 Å². The molecule has 0 aromatic carbocycles. The van der Waals surface area contributed by atoms with Gasteiger partial charge in [-0.15, -0.1) is 5.10 Å². The number of ether oxygens (including phenoxy) is 1. The molecule has 2 aromatic rings. The molecule has 0 aliphatic heterocycles. The molecule has 0 saturated carbocycles. The molecular weight excluding hydrogens is 300 g/mol. The first-order valence-electron chi connectivity index (χ1n) is 7.36. The zero-order valence-corrected chi connectivity index (χ0v) is 13.6. The standard InChI is InChI=1S/C15H20N4O4/c1-5-23-13(20)8-19-15(21)12-6-11(9(2)3)7-18(12)14(16-19)10(4)17-22/h6-7,9,22H,5,8H2,1-4H3/b17-10+. The molecule has 2 heterocycles. The van der Waals surface area contributed by atoms with Crippen LogP contribution in [0, 0.1) is 0 Å². The molecule has 2 rings (SSSR count). The third kappa shape index (κ3) is 3.25. The Balaban J connectivity index is 2.68. The van der Waals surface area contributed by atoms with Crippen LogP contribution in [0.1, 0.15) is 45.0 Å². The van der Waals surface area contributed by atoms with Gasteiger partial charge in [0.2, 0.25) is 0 Å². The average Bonchev–Trinajstić information content (AvgIpc) is 2.95. The molecule has 0 atom stereocenters. The van der Waals surface area contributed by atoms with Crippen molar-refractivity contribution in [1.82, 2.24) is 14.2 Å². The average molecular weight is 320 g/mol. The first-order chi connectivity index (χ1) is 10.9. The molecule has 0 saturated heterocycles. The number of aromatic nitrogens is 3. The van der Waals surface area contributed by atoms with E-state index in [9.17, 15) is 9.59 Å². The maximum atomic E-state index is 12.5. The summed E-state index contributed by atoms with van der Waals surface area (Å²) < 4.78 is 7.46. The van der Waals surface area contributed by atoms with Crippen molar-refractivity contribution in [1.29, 1.82) is 0 Å². The molecule has 0 unspecified atom stereocenters. The summed E-state index contributed by atoms with van der Waals surface area (Å²) in [5.74, 6) is -0.0445. The van der Waals surface area contributed by atoms with Crippen LogP contribution in [0.15, 0.2) is 22.2 Å². The second kappa shape index (κ2) is 6.64. The quantitative estimate of drug-likeness (QED) is 0.388. The molecule has 1 N–H and O–H groups in total. The van der Waals surface area contributed by atoms with Crippen molar-refractivity contribution in [3.8, 4) is 0 Å². The number of carbonyl (C=O) groups excluding carboxylic acids is 1. The smallest absolute Gasteiger partial charge is 0.327 e. The molecule has 124 valence electrons. The highest BCUT2D eigenvalue weighted by atomic mass is 16.5. The molecule has 0 aliphatic carbocycles. The first-order valence-corrected chi connectivity index (χ1v) is 7.36. The summed E-state index contributed by atoms with van der Waals surface area (Å²) in [7, 11) is 0. The summed E-state index contributed by atoms with van der Waals surface area (Å²) in [4.78, 5) is 24.2. The van der Waals surface area contributed by atoms with E-state index in [0.717, 1.165) is 10.2 Å². The van der Waals surface area contributed by atoms with E-state index in [1.165, 1.54) is 0 Å². The second-order valence-corrected chi connectivity index (χ2v) is 5.46. The van der Waals surface area contributed by atoms with Gasteiger partial charge in [0.05, 0.1) is 6.61 Å². The lowest BCUT2D eigenvalue weighted by Crippen LogP contribution is -2.31. The molecule has 0 spiro atoms. The van der Waals surface area contributed by atoms with Crippen LogP contribution in [-0.4, -0.2) is 37.7 Å². The number of nitrogens with zero attached hydrogens (tertiary/aromatic N) is 4. The highest BCUT2D eigenvalue weighted by molar-refractivity contribution is 5.95. The van der Waals surface area contributed by atoms with E-state index in [4.69, 9.17) is 9.94 Å². The fourth-order valence-corrected chi connectivity index (χ4v) is 2.21. The predicted octanol–water partition coefficient (Wildman–Crippen LogP) is 1.38. The summed E-state index contributed by atoms with van der Waals surface area (Å²) in [6.45, 7) is 7.20. The number of rotatable bonds is 5. The van der Waals surface area contributed by atoms with Gasteiger partial charge in [0.15, 0.2) is 5.82 Å². The van der Waals surface area contributed by atoms with Crippen LogP contribution in [-0.2, 0) is 16.1 Å². The summed E-state index contributed by atoms with van der Waals surface area (Å²) in [5, 5.41) is 16.3. The normalized spacial score (nSPS) is 12.1. The van der Waals surface area contributed by atoms with E-state index in [1.807, 2.05) is 13.8 Å². The van der Waals surface area contributed by atoms with Crippen LogP contribution >= 0.6 is 0 Å². The Morgan fingerprint density at radius 3 is 2.74 bits per heavy atom. The minimum absolute atomic E-state index is 0.215. The van der Waals surface area contributed by atoms with Gasteiger partial charge >= 0.3 is 5.97 Å². The van der Waals surface area contributed by atoms with Gasteiger partial charge in [-0.1, -0.05) is 19.0 Å². The monoisotopic (exact) mass is 320 g/mol. The molecule has 0 bridgehead atoms. The number of fused-ring (bicyclic) bond motifs is 1. The molecule has 0 amide bonds. The molecule has 8 nitrogen and oxygen atoms in total. The third-order valence-electron chi connectivity index (χ3n) is 3.46. The van der Waals surface area contributed by atoms with Gasteiger partial charge in [0, 0.05) is 6.20 Å². The number of carbonyl (C=O) groups is 1. The third-order valence-corrected chi connectivity index (χ3v) is 3.46. The summed E-state index contributed by atoms with van der Waals surface area (Å²) in [6, 6.07) is 1.75. The number of oxime groups is 1. The Morgan fingerprint density at radius 2 is 2.17 bits per heavy atom. The highest BCUT2D eigenvalue weighted by Gasteiger charge is 2.17. The van der Waals surface area contributed by atoms with E-state index in [0.29, 0.717) is 11.3 Å². The van der Waals surface area contributed by atoms with Crippen LogP contribution in [0.3, 0.4) is 0 Å². The van der Waals surface area contributed by atoms with Crippen molar-refractivity contribution < 1.29 is 14.7 Å². The van der Waals surface area contributed by atoms with Crippen molar-refractivity contribution in [2.75, 3.05) is 6.61 Å². The van der Waals surface area contributed by atoms with Crippen molar-refractivity contribution in [2.24, 2.45) is 5.16 Å².